The monoisotopic (exact) mass is 572 g/mol. The van der Waals surface area contributed by atoms with Crippen LogP contribution < -0.4 is 5.32 Å². The number of nitrogens with zero attached hydrogens (tertiary/aromatic N) is 7. The SMILES string of the molecule is N#Cc1cc(NC(=O)c2cnn(Cc3cccc(F)c3Cl)c2C(F)(F)F)cnc1-n1nccn1.O=PCl. The van der Waals surface area contributed by atoms with Gasteiger partial charge in [-0.25, -0.2) is 9.37 Å². The summed E-state index contributed by atoms with van der Waals surface area (Å²) in [6.45, 7) is -0.523. The van der Waals surface area contributed by atoms with Crippen molar-refractivity contribution in [3.05, 3.63) is 82.3 Å². The largest absolute Gasteiger partial charge is 0.433 e. The van der Waals surface area contributed by atoms with Crippen LogP contribution in [0.3, 0.4) is 0 Å². The Labute approximate surface area is 216 Å². The molecule has 190 valence electrons. The molecule has 0 aliphatic rings. The lowest BCUT2D eigenvalue weighted by molar-refractivity contribution is -0.144. The average molecular weight is 573 g/mol. The van der Waals surface area contributed by atoms with E-state index in [9.17, 15) is 27.6 Å². The van der Waals surface area contributed by atoms with Crippen LogP contribution in [0.4, 0.5) is 23.2 Å². The van der Waals surface area contributed by atoms with Gasteiger partial charge in [0.05, 0.1) is 47.6 Å². The van der Waals surface area contributed by atoms with E-state index in [0.29, 0.717) is 4.68 Å². The van der Waals surface area contributed by atoms with Gasteiger partial charge in [-0.2, -0.15) is 33.7 Å². The molecule has 0 unspecified atom stereocenters. The van der Waals surface area contributed by atoms with E-state index < -0.39 is 35.7 Å². The van der Waals surface area contributed by atoms with Crippen LogP contribution in [0.5, 0.6) is 0 Å². The van der Waals surface area contributed by atoms with Crippen molar-refractivity contribution >= 4 is 42.2 Å². The second-order valence-corrected chi connectivity index (χ2v) is 7.75. The highest BCUT2D eigenvalue weighted by Crippen LogP contribution is 2.33. The summed E-state index contributed by atoms with van der Waals surface area (Å²) in [7, 11) is -0.361. The van der Waals surface area contributed by atoms with E-state index in [1.165, 1.54) is 30.6 Å². The molecule has 37 heavy (non-hydrogen) atoms. The number of alkyl halides is 3. The number of nitrogens with one attached hydrogen (secondary N) is 1. The van der Waals surface area contributed by atoms with E-state index in [-0.39, 0.29) is 35.5 Å². The molecule has 0 bridgehead atoms. The number of rotatable bonds is 5. The Hall–Kier alpha value is -3.92. The first-order valence-electron chi connectivity index (χ1n) is 9.68. The maximum absolute atomic E-state index is 13.8. The molecule has 1 aromatic carbocycles. The van der Waals surface area contributed by atoms with Gasteiger partial charge < -0.3 is 5.32 Å². The molecule has 0 saturated carbocycles. The zero-order valence-electron chi connectivity index (χ0n) is 18.0. The summed E-state index contributed by atoms with van der Waals surface area (Å²) in [4.78, 5) is 17.8. The van der Waals surface area contributed by atoms with E-state index >= 15 is 0 Å². The van der Waals surface area contributed by atoms with Crippen LogP contribution in [0, 0.1) is 17.1 Å². The predicted molar refractivity (Wildman–Crippen MR) is 123 cm³/mol. The maximum Gasteiger partial charge on any atom is 0.433 e. The lowest BCUT2D eigenvalue weighted by atomic mass is 10.2. The minimum atomic E-state index is -4.96. The standard InChI is InChI=1S/C20H11ClF4N8O.ClOP/c21-16-11(2-1-3-15(16)22)10-32-17(20(23,24)25)14(9-30-32)19(34)31-13-6-12(7-26)18(27-8-13)33-28-4-5-29-33;1-3-2/h1-6,8-9H,10H2,(H,31,34);. The summed E-state index contributed by atoms with van der Waals surface area (Å²) in [5.74, 6) is -1.87. The highest BCUT2D eigenvalue weighted by molar-refractivity contribution is 7.57. The van der Waals surface area contributed by atoms with E-state index in [0.717, 1.165) is 23.3 Å². The van der Waals surface area contributed by atoms with Gasteiger partial charge in [0.2, 0.25) is 0 Å². The van der Waals surface area contributed by atoms with E-state index in [4.69, 9.17) is 16.2 Å². The molecule has 4 aromatic rings. The van der Waals surface area contributed by atoms with Crippen molar-refractivity contribution in [3.63, 3.8) is 0 Å². The van der Waals surface area contributed by atoms with Crippen molar-refractivity contribution in [1.29, 1.82) is 5.26 Å². The van der Waals surface area contributed by atoms with Gasteiger partial charge in [0, 0.05) is 0 Å². The van der Waals surface area contributed by atoms with E-state index in [1.807, 2.05) is 6.07 Å². The van der Waals surface area contributed by atoms with Crippen LogP contribution >= 0.6 is 30.7 Å². The lowest BCUT2D eigenvalue weighted by Crippen LogP contribution is -2.22. The number of hydrogen-bond acceptors (Lipinski definition) is 7. The molecule has 3 heterocycles. The van der Waals surface area contributed by atoms with Crippen molar-refractivity contribution in [2.45, 2.75) is 12.7 Å². The van der Waals surface area contributed by atoms with Gasteiger partial charge in [-0.3, -0.25) is 14.0 Å². The highest BCUT2D eigenvalue weighted by atomic mass is 35.7. The number of carbonyl (C=O) groups is 1. The predicted octanol–water partition coefficient (Wildman–Crippen LogP) is 5.27. The topological polar surface area (TPSA) is 131 Å². The van der Waals surface area contributed by atoms with Crippen LogP contribution in [-0.4, -0.2) is 35.7 Å². The second kappa shape index (κ2) is 11.9. The van der Waals surface area contributed by atoms with Crippen LogP contribution in [0.1, 0.15) is 27.2 Å². The number of benzene rings is 1. The van der Waals surface area contributed by atoms with Crippen LogP contribution in [0.25, 0.3) is 5.82 Å². The van der Waals surface area contributed by atoms with Crippen molar-refractivity contribution in [1.82, 2.24) is 29.8 Å². The van der Waals surface area contributed by atoms with Crippen molar-refractivity contribution < 1.29 is 26.9 Å². The molecule has 1 N–H and O–H groups in total. The number of nitriles is 1. The van der Waals surface area contributed by atoms with Gasteiger partial charge in [-0.1, -0.05) is 23.7 Å². The summed E-state index contributed by atoms with van der Waals surface area (Å²) in [5, 5.41) is 22.7. The lowest BCUT2D eigenvalue weighted by Gasteiger charge is -2.14. The average Bonchev–Trinajstić information content (AvgIpc) is 3.53. The Morgan fingerprint density at radius 1 is 1.19 bits per heavy atom. The Morgan fingerprint density at radius 2 is 1.86 bits per heavy atom. The fourth-order valence-corrected chi connectivity index (χ4v) is 3.28. The molecule has 1 amide bonds. The molecule has 0 spiro atoms. The minimum Gasteiger partial charge on any atom is -0.320 e. The first kappa shape index (κ1) is 27.7. The van der Waals surface area contributed by atoms with Gasteiger partial charge in [0.25, 0.3) is 13.7 Å². The molecular formula is C20H11Cl2F4N8O2P. The molecule has 17 heteroatoms. The zero-order chi connectivity index (χ0) is 27.2. The Balaban J connectivity index is 0.00000121. The van der Waals surface area contributed by atoms with Crippen molar-refractivity contribution in [2.75, 3.05) is 5.32 Å². The van der Waals surface area contributed by atoms with Crippen molar-refractivity contribution in [2.24, 2.45) is 0 Å². The molecule has 0 aliphatic heterocycles. The Morgan fingerprint density at radius 3 is 2.49 bits per heavy atom. The first-order chi connectivity index (χ1) is 17.6. The zero-order valence-corrected chi connectivity index (χ0v) is 20.4. The third kappa shape index (κ3) is 6.45. The van der Waals surface area contributed by atoms with Gasteiger partial charge >= 0.3 is 6.18 Å². The van der Waals surface area contributed by atoms with Crippen LogP contribution in [0.15, 0.2) is 49.1 Å². The van der Waals surface area contributed by atoms with Crippen molar-refractivity contribution in [3.8, 4) is 11.9 Å². The number of pyridine rings is 1. The molecule has 0 fully saturated rings. The van der Waals surface area contributed by atoms with Gasteiger partial charge in [-0.15, -0.1) is 4.80 Å². The van der Waals surface area contributed by atoms with Gasteiger partial charge in [-0.05, 0) is 28.9 Å². The Kier molecular flexibility index (Phi) is 8.88. The third-order valence-corrected chi connectivity index (χ3v) is 4.98. The first-order valence-corrected chi connectivity index (χ1v) is 11.8. The number of halogens is 6. The maximum atomic E-state index is 13.8. The molecule has 4 rings (SSSR count). The number of carbonyl (C=O) groups excluding carboxylic acids is 1. The number of aromatic nitrogens is 6. The Bertz CT molecular complexity index is 1470. The molecule has 0 aliphatic carbocycles. The summed E-state index contributed by atoms with van der Waals surface area (Å²) in [6.07, 6.45) is -0.347. The molecular weight excluding hydrogens is 562 g/mol. The minimum absolute atomic E-state index is 0.0264. The number of anilines is 1. The summed E-state index contributed by atoms with van der Waals surface area (Å²) < 4.78 is 64.4. The molecule has 10 nitrogen and oxygen atoms in total. The van der Waals surface area contributed by atoms with Gasteiger partial charge in [0.15, 0.2) is 11.5 Å². The smallest absolute Gasteiger partial charge is 0.320 e. The number of hydrogen-bond donors (Lipinski definition) is 1. The van der Waals surface area contributed by atoms with Gasteiger partial charge in [0.1, 0.15) is 17.4 Å². The molecule has 0 saturated heterocycles. The normalized spacial score (nSPS) is 10.9. The quantitative estimate of drug-likeness (QED) is 0.254. The molecule has 0 atom stereocenters. The number of amides is 1. The second-order valence-electron chi connectivity index (χ2n) is 6.82. The van der Waals surface area contributed by atoms with E-state index in [2.05, 4.69) is 36.8 Å². The highest BCUT2D eigenvalue weighted by Gasteiger charge is 2.40. The fraction of sp³-hybridized carbons (Fsp3) is 0.100. The van der Waals surface area contributed by atoms with E-state index in [1.54, 1.807) is 0 Å². The fourth-order valence-electron chi connectivity index (χ4n) is 3.09. The molecule has 3 aromatic heterocycles. The summed E-state index contributed by atoms with van der Waals surface area (Å²) in [6, 6.07) is 6.78. The molecule has 0 radical (unpaired) electrons. The summed E-state index contributed by atoms with van der Waals surface area (Å²) >= 11 is 10.3. The van der Waals surface area contributed by atoms with Crippen LogP contribution in [0.2, 0.25) is 5.02 Å². The van der Waals surface area contributed by atoms with Crippen LogP contribution in [-0.2, 0) is 17.3 Å². The summed E-state index contributed by atoms with van der Waals surface area (Å²) in [5.41, 5.74) is -2.14. The third-order valence-electron chi connectivity index (χ3n) is 4.56.